The number of nitrogens with zero attached hydrogens (tertiary/aromatic N) is 2. The molecule has 0 aliphatic heterocycles. The van der Waals surface area contributed by atoms with Crippen LogP contribution in [0.3, 0.4) is 0 Å². The van der Waals surface area contributed by atoms with E-state index < -0.39 is 12.1 Å². The van der Waals surface area contributed by atoms with E-state index >= 15 is 0 Å². The smallest absolute Gasteiger partial charge is 0.347 e. The number of oxazole rings is 1. The molecule has 5 rings (SSSR count). The zero-order valence-electron chi connectivity index (χ0n) is 20.8. The fourth-order valence-electron chi connectivity index (χ4n) is 4.11. The maximum atomic E-state index is 12.5. The van der Waals surface area contributed by atoms with Gasteiger partial charge >= 0.3 is 5.97 Å². The van der Waals surface area contributed by atoms with Crippen LogP contribution in [0.15, 0.2) is 95.4 Å². The summed E-state index contributed by atoms with van der Waals surface area (Å²) in [5, 5.41) is 2.00. The topological polar surface area (TPSA) is 74.0 Å². The van der Waals surface area contributed by atoms with E-state index in [9.17, 15) is 4.79 Å². The van der Waals surface area contributed by atoms with E-state index in [4.69, 9.17) is 18.6 Å². The quantitative estimate of drug-likeness (QED) is 0.231. The lowest BCUT2D eigenvalue weighted by molar-refractivity contribution is -0.148. The number of fused-ring (bicyclic) bond motifs is 2. The molecule has 1 aromatic heterocycles. The van der Waals surface area contributed by atoms with Gasteiger partial charge in [0.2, 0.25) is 0 Å². The molecule has 1 atom stereocenters. The molecule has 1 heterocycles. The Bertz CT molecular complexity index is 1460. The minimum Gasteiger partial charge on any atom is -0.492 e. The zero-order chi connectivity index (χ0) is 25.6. The Morgan fingerprint density at radius 1 is 0.946 bits per heavy atom. The molecule has 0 amide bonds. The molecule has 0 radical (unpaired) electrons. The van der Waals surface area contributed by atoms with Crippen LogP contribution < -0.4 is 14.4 Å². The molecule has 7 heteroatoms. The average molecular weight is 497 g/mol. The number of para-hydroxylation sites is 2. The fourth-order valence-corrected chi connectivity index (χ4v) is 4.11. The van der Waals surface area contributed by atoms with Crippen molar-refractivity contribution in [1.82, 2.24) is 4.98 Å². The van der Waals surface area contributed by atoms with Gasteiger partial charge in [-0.2, -0.15) is 4.98 Å². The van der Waals surface area contributed by atoms with Crippen LogP contribution in [0.25, 0.3) is 21.9 Å². The van der Waals surface area contributed by atoms with Crippen LogP contribution in [-0.2, 0) is 16.0 Å². The number of rotatable bonds is 10. The van der Waals surface area contributed by atoms with Crippen LogP contribution in [0.2, 0.25) is 0 Å². The van der Waals surface area contributed by atoms with Crippen LogP contribution in [-0.4, -0.2) is 44.4 Å². The van der Waals surface area contributed by atoms with Crippen molar-refractivity contribution < 1.29 is 23.4 Å². The number of ether oxygens (including phenoxy) is 3. The molecular formula is C30H28N2O5. The summed E-state index contributed by atoms with van der Waals surface area (Å²) in [7, 11) is 3.29. The maximum Gasteiger partial charge on any atom is 0.347 e. The monoisotopic (exact) mass is 496 g/mol. The number of hydrogen-bond acceptors (Lipinski definition) is 7. The molecule has 1 unspecified atom stereocenters. The minimum absolute atomic E-state index is 0.372. The second-order valence-corrected chi connectivity index (χ2v) is 8.69. The van der Waals surface area contributed by atoms with Crippen molar-refractivity contribution >= 4 is 33.9 Å². The average Bonchev–Trinajstić information content (AvgIpc) is 3.38. The molecule has 0 fully saturated rings. The summed E-state index contributed by atoms with van der Waals surface area (Å²) in [4.78, 5) is 18.9. The fraction of sp³-hybridized carbons (Fsp3) is 0.200. The molecule has 0 N–H and O–H groups in total. The third-order valence-corrected chi connectivity index (χ3v) is 6.13. The van der Waals surface area contributed by atoms with Crippen molar-refractivity contribution in [2.24, 2.45) is 0 Å². The summed E-state index contributed by atoms with van der Waals surface area (Å²) in [6.07, 6.45) is -0.399. The van der Waals surface area contributed by atoms with Crippen LogP contribution in [0.4, 0.5) is 6.01 Å². The van der Waals surface area contributed by atoms with Crippen molar-refractivity contribution in [2.75, 3.05) is 32.2 Å². The Morgan fingerprint density at radius 2 is 1.70 bits per heavy atom. The molecule has 37 heavy (non-hydrogen) atoms. The Morgan fingerprint density at radius 3 is 2.51 bits per heavy atom. The zero-order valence-corrected chi connectivity index (χ0v) is 20.8. The lowest BCUT2D eigenvalue weighted by atomic mass is 10.1. The van der Waals surface area contributed by atoms with E-state index in [0.717, 1.165) is 33.2 Å². The summed E-state index contributed by atoms with van der Waals surface area (Å²) in [5.74, 6) is 0.964. The number of benzene rings is 4. The van der Waals surface area contributed by atoms with E-state index in [1.54, 1.807) is 0 Å². The van der Waals surface area contributed by atoms with Crippen LogP contribution in [0, 0.1) is 0 Å². The normalized spacial score (nSPS) is 11.8. The first-order valence-electron chi connectivity index (χ1n) is 12.1. The van der Waals surface area contributed by atoms with Gasteiger partial charge in [-0.15, -0.1) is 0 Å². The van der Waals surface area contributed by atoms with Crippen molar-refractivity contribution in [2.45, 2.75) is 12.5 Å². The number of carbonyl (C=O) groups is 1. The predicted molar refractivity (Wildman–Crippen MR) is 143 cm³/mol. The molecule has 0 saturated heterocycles. The number of anilines is 1. The van der Waals surface area contributed by atoms with Gasteiger partial charge in [0.1, 0.15) is 23.6 Å². The number of esters is 1. The summed E-state index contributed by atoms with van der Waals surface area (Å²) in [5.41, 5.74) is 2.53. The molecule has 4 aromatic carbocycles. The number of carbonyl (C=O) groups excluding carboxylic acids is 1. The van der Waals surface area contributed by atoms with E-state index in [1.165, 1.54) is 7.11 Å². The van der Waals surface area contributed by atoms with Crippen molar-refractivity contribution in [3.63, 3.8) is 0 Å². The molecule has 0 aliphatic carbocycles. The number of methoxy groups -OCH3 is 1. The van der Waals surface area contributed by atoms with E-state index in [-0.39, 0.29) is 0 Å². The second kappa shape index (κ2) is 11.0. The molecular weight excluding hydrogens is 468 g/mol. The first-order valence-corrected chi connectivity index (χ1v) is 12.1. The highest BCUT2D eigenvalue weighted by Crippen LogP contribution is 2.27. The van der Waals surface area contributed by atoms with Gasteiger partial charge in [-0.25, -0.2) is 4.79 Å². The highest BCUT2D eigenvalue weighted by molar-refractivity contribution is 5.88. The Labute approximate surface area is 215 Å². The lowest BCUT2D eigenvalue weighted by Gasteiger charge is -2.19. The second-order valence-electron chi connectivity index (χ2n) is 8.69. The molecule has 0 spiro atoms. The van der Waals surface area contributed by atoms with Gasteiger partial charge in [0, 0.05) is 18.9 Å². The molecule has 0 saturated carbocycles. The van der Waals surface area contributed by atoms with Crippen molar-refractivity contribution in [3.8, 4) is 11.5 Å². The van der Waals surface area contributed by atoms with Gasteiger partial charge in [0.05, 0.1) is 13.7 Å². The summed E-state index contributed by atoms with van der Waals surface area (Å²) < 4.78 is 22.9. The minimum atomic E-state index is -0.771. The van der Waals surface area contributed by atoms with Crippen LogP contribution in [0.1, 0.15) is 5.56 Å². The first-order chi connectivity index (χ1) is 18.1. The van der Waals surface area contributed by atoms with Gasteiger partial charge in [0.25, 0.3) is 6.01 Å². The van der Waals surface area contributed by atoms with Gasteiger partial charge in [-0.3, -0.25) is 0 Å². The number of hydrogen-bond donors (Lipinski definition) is 0. The lowest BCUT2D eigenvalue weighted by Crippen LogP contribution is -2.31. The number of likely N-dealkylation sites (N-methyl/N-ethyl adjacent to an activating group) is 1. The van der Waals surface area contributed by atoms with Gasteiger partial charge in [0.15, 0.2) is 11.7 Å². The van der Waals surface area contributed by atoms with E-state index in [1.807, 2.05) is 103 Å². The first kappa shape index (κ1) is 24.2. The van der Waals surface area contributed by atoms with Gasteiger partial charge in [-0.05, 0) is 41.3 Å². The third-order valence-electron chi connectivity index (χ3n) is 6.13. The van der Waals surface area contributed by atoms with E-state index in [0.29, 0.717) is 31.3 Å². The molecule has 5 aromatic rings. The highest BCUT2D eigenvalue weighted by atomic mass is 16.6. The molecule has 0 aliphatic rings. The Balaban J connectivity index is 1.19. The van der Waals surface area contributed by atoms with Gasteiger partial charge in [-0.1, -0.05) is 60.7 Å². The third kappa shape index (κ3) is 5.67. The largest absolute Gasteiger partial charge is 0.492 e. The summed E-state index contributed by atoms with van der Waals surface area (Å²) in [6, 6.07) is 29.6. The molecule has 0 bridgehead atoms. The summed E-state index contributed by atoms with van der Waals surface area (Å²) in [6.45, 7) is 1.07. The molecule has 188 valence electrons. The summed E-state index contributed by atoms with van der Waals surface area (Å²) >= 11 is 0. The van der Waals surface area contributed by atoms with Crippen molar-refractivity contribution in [1.29, 1.82) is 0 Å². The van der Waals surface area contributed by atoms with Crippen molar-refractivity contribution in [3.05, 3.63) is 96.6 Å². The highest BCUT2D eigenvalue weighted by Gasteiger charge is 2.23. The number of aromatic nitrogens is 1. The standard InChI is InChI=1S/C30H28N2O5/c1-32(30-31-25-11-5-6-12-27(25)37-30)18-19-35-23-16-14-21(15-17-23)20-28(29(33)34-2)36-26-13-7-9-22-8-3-4-10-24(22)26/h3-17,28H,18-20H2,1-2H3. The van der Waals surface area contributed by atoms with E-state index in [2.05, 4.69) is 4.98 Å². The van der Waals surface area contributed by atoms with Crippen LogP contribution in [0.5, 0.6) is 11.5 Å². The van der Waals surface area contributed by atoms with Gasteiger partial charge < -0.3 is 23.5 Å². The molecule has 7 nitrogen and oxygen atoms in total. The maximum absolute atomic E-state index is 12.5. The Hall–Kier alpha value is -4.52. The SMILES string of the molecule is COC(=O)C(Cc1ccc(OCCN(C)c2nc3ccccc3o2)cc1)Oc1cccc2ccccc12. The predicted octanol–water partition coefficient (Wildman–Crippen LogP) is 5.66. The Kier molecular flexibility index (Phi) is 7.21. The van der Waals surface area contributed by atoms with Crippen LogP contribution >= 0.6 is 0 Å².